The fourth-order valence-corrected chi connectivity index (χ4v) is 4.44. The van der Waals surface area contributed by atoms with Crippen LogP contribution in [0.1, 0.15) is 37.0 Å². The summed E-state index contributed by atoms with van der Waals surface area (Å²) in [4.78, 5) is 15.5. The fraction of sp³-hybridized carbons (Fsp3) is 0.435. The molecule has 3 nitrogen and oxygen atoms in total. The molecule has 0 bridgehead atoms. The van der Waals surface area contributed by atoms with Crippen LogP contribution in [-0.2, 0) is 0 Å². The topological polar surface area (TPSA) is 23.6 Å². The molecule has 1 aliphatic carbocycles. The van der Waals surface area contributed by atoms with Gasteiger partial charge in [0.15, 0.2) is 6.29 Å². The molecule has 0 aromatic heterocycles. The van der Waals surface area contributed by atoms with Crippen molar-refractivity contribution in [2.75, 3.05) is 31.1 Å². The van der Waals surface area contributed by atoms with Gasteiger partial charge in [0.25, 0.3) is 0 Å². The van der Waals surface area contributed by atoms with Crippen LogP contribution in [0.2, 0.25) is 0 Å². The van der Waals surface area contributed by atoms with Gasteiger partial charge in [-0.3, -0.25) is 9.69 Å². The van der Waals surface area contributed by atoms with Crippen molar-refractivity contribution in [1.82, 2.24) is 4.90 Å². The number of hydrogen-bond donors (Lipinski definition) is 0. The van der Waals surface area contributed by atoms with Crippen molar-refractivity contribution < 1.29 is 13.6 Å². The molecule has 28 heavy (non-hydrogen) atoms. The minimum atomic E-state index is -0.578. The Labute approximate surface area is 165 Å². The van der Waals surface area contributed by atoms with Gasteiger partial charge in [0, 0.05) is 37.3 Å². The van der Waals surface area contributed by atoms with Gasteiger partial charge in [-0.1, -0.05) is 24.3 Å². The number of carbonyl (C=O) groups is 1. The SMILES string of the molecule is CC(C)(C1CC1)N1CCN(c2c(F)cc(-c3ccccc3C=O)cc2F)CC1. The quantitative estimate of drug-likeness (QED) is 0.695. The molecule has 2 aromatic carbocycles. The van der Waals surface area contributed by atoms with Crippen molar-refractivity contribution in [2.24, 2.45) is 5.92 Å². The third-order valence-electron chi connectivity index (χ3n) is 6.40. The van der Waals surface area contributed by atoms with Crippen LogP contribution in [0.5, 0.6) is 0 Å². The lowest BCUT2D eigenvalue weighted by atomic mass is 9.95. The highest BCUT2D eigenvalue weighted by Gasteiger charge is 2.42. The zero-order valence-electron chi connectivity index (χ0n) is 16.4. The lowest BCUT2D eigenvalue weighted by molar-refractivity contribution is 0.0916. The first-order valence-electron chi connectivity index (χ1n) is 9.95. The number of piperazine rings is 1. The molecule has 1 saturated carbocycles. The number of aldehydes is 1. The number of rotatable bonds is 5. The maximum atomic E-state index is 14.9. The average Bonchev–Trinajstić information content (AvgIpc) is 3.53. The molecule has 1 saturated heterocycles. The second kappa shape index (κ2) is 7.28. The summed E-state index contributed by atoms with van der Waals surface area (Å²) < 4.78 is 29.8. The second-order valence-corrected chi connectivity index (χ2v) is 8.40. The first kappa shape index (κ1) is 19.1. The van der Waals surface area contributed by atoms with E-state index >= 15 is 0 Å². The highest BCUT2D eigenvalue weighted by Crippen LogP contribution is 2.43. The van der Waals surface area contributed by atoms with E-state index in [0.717, 1.165) is 19.0 Å². The Bertz CT molecular complexity index is 861. The van der Waals surface area contributed by atoms with Crippen molar-refractivity contribution in [3.05, 3.63) is 53.6 Å². The Morgan fingerprint density at radius 2 is 1.61 bits per heavy atom. The highest BCUT2D eigenvalue weighted by atomic mass is 19.1. The van der Waals surface area contributed by atoms with Gasteiger partial charge >= 0.3 is 0 Å². The Balaban J connectivity index is 1.56. The summed E-state index contributed by atoms with van der Waals surface area (Å²) in [6.45, 7) is 7.38. The largest absolute Gasteiger partial charge is 0.364 e. The molecule has 5 heteroatoms. The summed E-state index contributed by atoms with van der Waals surface area (Å²) in [6.07, 6.45) is 3.26. The van der Waals surface area contributed by atoms with Crippen LogP contribution in [-0.4, -0.2) is 42.9 Å². The van der Waals surface area contributed by atoms with Gasteiger partial charge in [0.05, 0.1) is 0 Å². The third kappa shape index (κ3) is 3.44. The fourth-order valence-electron chi connectivity index (χ4n) is 4.44. The van der Waals surface area contributed by atoms with Crippen LogP contribution in [0.25, 0.3) is 11.1 Å². The molecule has 0 unspecified atom stereocenters. The summed E-state index contributed by atoms with van der Waals surface area (Å²) >= 11 is 0. The Morgan fingerprint density at radius 3 is 2.18 bits per heavy atom. The standard InChI is InChI=1S/C23H26F2N2O/c1-23(2,18-7-8-18)27-11-9-26(10-12-27)22-20(24)13-17(14-21(22)25)19-6-4-3-5-16(19)15-28/h3-6,13-15,18H,7-12H2,1-2H3. The average molecular weight is 384 g/mol. The molecule has 0 radical (unpaired) electrons. The summed E-state index contributed by atoms with van der Waals surface area (Å²) in [5, 5.41) is 0. The smallest absolute Gasteiger partial charge is 0.150 e. The molecule has 2 aliphatic rings. The van der Waals surface area contributed by atoms with Crippen molar-refractivity contribution in [2.45, 2.75) is 32.2 Å². The molecule has 2 fully saturated rings. The van der Waals surface area contributed by atoms with Crippen LogP contribution >= 0.6 is 0 Å². The van der Waals surface area contributed by atoms with Gasteiger partial charge in [-0.05, 0) is 55.9 Å². The summed E-state index contributed by atoms with van der Waals surface area (Å²) in [5.74, 6) is -0.416. The van der Waals surface area contributed by atoms with Gasteiger partial charge in [0.2, 0.25) is 0 Å². The van der Waals surface area contributed by atoms with E-state index in [2.05, 4.69) is 18.7 Å². The summed E-state index contributed by atoms with van der Waals surface area (Å²) in [5.41, 5.74) is 1.54. The molecule has 148 valence electrons. The first-order valence-corrected chi connectivity index (χ1v) is 9.95. The number of benzene rings is 2. The number of anilines is 1. The van der Waals surface area contributed by atoms with Crippen molar-refractivity contribution in [3.8, 4) is 11.1 Å². The minimum absolute atomic E-state index is 0.0382. The zero-order valence-corrected chi connectivity index (χ0v) is 16.4. The Hall–Kier alpha value is -2.27. The monoisotopic (exact) mass is 384 g/mol. The number of hydrogen-bond acceptors (Lipinski definition) is 3. The maximum Gasteiger partial charge on any atom is 0.150 e. The minimum Gasteiger partial charge on any atom is -0.364 e. The van der Waals surface area contributed by atoms with Crippen LogP contribution in [0.3, 0.4) is 0 Å². The molecule has 0 spiro atoms. The number of halogens is 2. The predicted octanol–water partition coefficient (Wildman–Crippen LogP) is 4.75. The van der Waals surface area contributed by atoms with E-state index in [4.69, 9.17) is 0 Å². The molecule has 0 N–H and O–H groups in total. The van der Waals surface area contributed by atoms with Crippen LogP contribution in [0, 0.1) is 17.6 Å². The summed E-state index contributed by atoms with van der Waals surface area (Å²) in [6, 6.07) is 9.51. The molecular weight excluding hydrogens is 358 g/mol. The van der Waals surface area contributed by atoms with E-state index in [1.807, 2.05) is 0 Å². The van der Waals surface area contributed by atoms with E-state index < -0.39 is 11.6 Å². The van der Waals surface area contributed by atoms with Crippen LogP contribution in [0.4, 0.5) is 14.5 Å². The number of carbonyl (C=O) groups excluding carboxylic acids is 1. The van der Waals surface area contributed by atoms with E-state index in [9.17, 15) is 13.6 Å². The maximum absolute atomic E-state index is 14.9. The Morgan fingerprint density at radius 1 is 1.00 bits per heavy atom. The van der Waals surface area contributed by atoms with Gasteiger partial charge in [-0.15, -0.1) is 0 Å². The molecule has 4 rings (SSSR count). The van der Waals surface area contributed by atoms with Crippen molar-refractivity contribution >= 4 is 12.0 Å². The van der Waals surface area contributed by atoms with Crippen LogP contribution < -0.4 is 4.90 Å². The molecule has 2 aromatic rings. The van der Waals surface area contributed by atoms with E-state index in [1.54, 1.807) is 29.2 Å². The van der Waals surface area contributed by atoms with Crippen molar-refractivity contribution in [1.29, 1.82) is 0 Å². The highest BCUT2D eigenvalue weighted by molar-refractivity contribution is 5.87. The second-order valence-electron chi connectivity index (χ2n) is 8.40. The first-order chi connectivity index (χ1) is 13.4. The molecule has 0 atom stereocenters. The third-order valence-corrected chi connectivity index (χ3v) is 6.40. The van der Waals surface area contributed by atoms with Gasteiger partial charge < -0.3 is 4.90 Å². The van der Waals surface area contributed by atoms with E-state index in [0.29, 0.717) is 36.1 Å². The molecular formula is C23H26F2N2O. The predicted molar refractivity (Wildman–Crippen MR) is 108 cm³/mol. The van der Waals surface area contributed by atoms with Crippen LogP contribution in [0.15, 0.2) is 36.4 Å². The zero-order chi connectivity index (χ0) is 19.9. The lowest BCUT2D eigenvalue weighted by Crippen LogP contribution is -2.55. The van der Waals surface area contributed by atoms with E-state index in [-0.39, 0.29) is 11.2 Å². The van der Waals surface area contributed by atoms with Gasteiger partial charge in [-0.2, -0.15) is 0 Å². The molecule has 1 aliphatic heterocycles. The lowest BCUT2D eigenvalue weighted by Gasteiger charge is -2.45. The molecule has 0 amide bonds. The van der Waals surface area contributed by atoms with E-state index in [1.165, 1.54) is 25.0 Å². The summed E-state index contributed by atoms with van der Waals surface area (Å²) in [7, 11) is 0. The van der Waals surface area contributed by atoms with Gasteiger partial charge in [-0.25, -0.2) is 8.78 Å². The molecule has 1 heterocycles. The van der Waals surface area contributed by atoms with Crippen molar-refractivity contribution in [3.63, 3.8) is 0 Å². The number of nitrogens with zero attached hydrogens (tertiary/aromatic N) is 2. The normalized spacial score (nSPS) is 18.4. The van der Waals surface area contributed by atoms with Gasteiger partial charge in [0.1, 0.15) is 17.3 Å². The Kier molecular flexibility index (Phi) is 4.96.